The average Bonchev–Trinajstić information content (AvgIpc) is 3.07. The second kappa shape index (κ2) is 6.89. The first kappa shape index (κ1) is 15.0. The third-order valence-electron chi connectivity index (χ3n) is 3.33. The van der Waals surface area contributed by atoms with Gasteiger partial charge in [0.2, 0.25) is 0 Å². The molecule has 0 fully saturated rings. The van der Waals surface area contributed by atoms with Gasteiger partial charge < -0.3 is 4.52 Å². The van der Waals surface area contributed by atoms with Gasteiger partial charge in [-0.25, -0.2) is 5.48 Å². The predicted molar refractivity (Wildman–Crippen MR) is 85.4 cm³/mol. The molecule has 0 aliphatic heterocycles. The van der Waals surface area contributed by atoms with Gasteiger partial charge in [0.15, 0.2) is 11.5 Å². The number of nitrogens with one attached hydrogen (secondary N) is 1. The molecule has 0 spiro atoms. The maximum Gasteiger partial charge on any atom is 0.297 e. The normalized spacial score (nSPS) is 10.5. The zero-order valence-corrected chi connectivity index (χ0v) is 12.7. The summed E-state index contributed by atoms with van der Waals surface area (Å²) in [6, 6.07) is 18.9. The number of carbonyl (C=O) groups excluding carboxylic acids is 1. The highest BCUT2D eigenvalue weighted by molar-refractivity contribution is 5.92. The molecule has 116 valence electrons. The fraction of sp³-hybridized carbons (Fsp3) is 0.111. The molecule has 1 heterocycles. The summed E-state index contributed by atoms with van der Waals surface area (Å²) in [5, 5.41) is 3.76. The third-order valence-corrected chi connectivity index (χ3v) is 3.33. The van der Waals surface area contributed by atoms with Gasteiger partial charge in [0.1, 0.15) is 0 Å². The van der Waals surface area contributed by atoms with Crippen molar-refractivity contribution < 1.29 is 14.2 Å². The lowest BCUT2D eigenvalue weighted by atomic mass is 10.1. The largest absolute Gasteiger partial charge is 0.355 e. The van der Waals surface area contributed by atoms with Crippen LogP contribution in [-0.2, 0) is 11.4 Å². The molecule has 5 heteroatoms. The number of hydrogen-bond donors (Lipinski definition) is 1. The Kier molecular flexibility index (Phi) is 4.49. The number of benzene rings is 2. The van der Waals surface area contributed by atoms with Crippen LogP contribution in [0.15, 0.2) is 65.2 Å². The maximum atomic E-state index is 12.0. The fourth-order valence-corrected chi connectivity index (χ4v) is 2.04. The van der Waals surface area contributed by atoms with E-state index in [2.05, 4.69) is 10.6 Å². The van der Waals surface area contributed by atoms with E-state index in [1.807, 2.05) is 61.5 Å². The minimum Gasteiger partial charge on any atom is -0.355 e. The molecule has 3 aromatic rings. The quantitative estimate of drug-likeness (QED) is 0.733. The third kappa shape index (κ3) is 3.84. The molecule has 1 N–H and O–H groups in total. The van der Waals surface area contributed by atoms with E-state index >= 15 is 0 Å². The zero-order chi connectivity index (χ0) is 16.1. The van der Waals surface area contributed by atoms with Crippen molar-refractivity contribution in [3.05, 3.63) is 77.5 Å². The van der Waals surface area contributed by atoms with Gasteiger partial charge in [-0.05, 0) is 12.5 Å². The van der Waals surface area contributed by atoms with Crippen molar-refractivity contribution in [2.24, 2.45) is 0 Å². The Bertz CT molecular complexity index is 780. The predicted octanol–water partition coefficient (Wildman–Crippen LogP) is 3.51. The van der Waals surface area contributed by atoms with Gasteiger partial charge in [0.05, 0.1) is 6.61 Å². The summed E-state index contributed by atoms with van der Waals surface area (Å²) in [5.41, 5.74) is 5.55. The van der Waals surface area contributed by atoms with Gasteiger partial charge in [0.25, 0.3) is 5.91 Å². The van der Waals surface area contributed by atoms with E-state index in [1.54, 1.807) is 6.07 Å². The lowest BCUT2D eigenvalue weighted by Gasteiger charge is -2.04. The Morgan fingerprint density at radius 3 is 2.61 bits per heavy atom. The fourth-order valence-electron chi connectivity index (χ4n) is 2.04. The first-order chi connectivity index (χ1) is 11.2. The van der Waals surface area contributed by atoms with Crippen molar-refractivity contribution in [1.29, 1.82) is 0 Å². The Balaban J connectivity index is 1.56. The minimum absolute atomic E-state index is 0.174. The topological polar surface area (TPSA) is 64.4 Å². The molecule has 0 aliphatic carbocycles. The molecule has 0 atom stereocenters. The summed E-state index contributed by atoms with van der Waals surface area (Å²) in [7, 11) is 0. The van der Waals surface area contributed by atoms with Crippen LogP contribution in [0.1, 0.15) is 21.6 Å². The van der Waals surface area contributed by atoms with Gasteiger partial charge in [-0.1, -0.05) is 65.3 Å². The smallest absolute Gasteiger partial charge is 0.297 e. The molecule has 0 saturated heterocycles. The first-order valence-corrected chi connectivity index (χ1v) is 7.22. The monoisotopic (exact) mass is 308 g/mol. The van der Waals surface area contributed by atoms with Gasteiger partial charge in [-0.3, -0.25) is 9.63 Å². The van der Waals surface area contributed by atoms with E-state index in [-0.39, 0.29) is 12.3 Å². The summed E-state index contributed by atoms with van der Waals surface area (Å²) in [6.45, 7) is 2.30. The standard InChI is InChI=1S/C18H16N2O3/c1-13-7-9-14(10-8-13)12-22-20-18(21)16-11-17(23-19-16)15-5-3-2-4-6-15/h2-11H,12H2,1H3,(H,20,21). The summed E-state index contributed by atoms with van der Waals surface area (Å²) < 4.78 is 5.18. The van der Waals surface area contributed by atoms with E-state index < -0.39 is 5.91 Å². The van der Waals surface area contributed by atoms with Crippen molar-refractivity contribution in [2.45, 2.75) is 13.5 Å². The molecule has 1 aromatic heterocycles. The highest BCUT2D eigenvalue weighted by Crippen LogP contribution is 2.19. The lowest BCUT2D eigenvalue weighted by molar-refractivity contribution is 0.0226. The number of nitrogens with zero attached hydrogens (tertiary/aromatic N) is 1. The summed E-state index contributed by atoms with van der Waals surface area (Å²) >= 11 is 0. The molecule has 5 nitrogen and oxygen atoms in total. The van der Waals surface area contributed by atoms with Crippen LogP contribution in [0.4, 0.5) is 0 Å². The molecule has 2 aromatic carbocycles. The molecular formula is C18H16N2O3. The molecule has 23 heavy (non-hydrogen) atoms. The van der Waals surface area contributed by atoms with E-state index in [0.29, 0.717) is 5.76 Å². The number of carbonyl (C=O) groups is 1. The van der Waals surface area contributed by atoms with Crippen LogP contribution in [0.3, 0.4) is 0 Å². The number of amides is 1. The molecule has 1 amide bonds. The van der Waals surface area contributed by atoms with Crippen molar-refractivity contribution in [2.75, 3.05) is 0 Å². The molecular weight excluding hydrogens is 292 g/mol. The Morgan fingerprint density at radius 2 is 1.87 bits per heavy atom. The maximum absolute atomic E-state index is 12.0. The van der Waals surface area contributed by atoms with Crippen molar-refractivity contribution >= 4 is 5.91 Å². The van der Waals surface area contributed by atoms with Crippen molar-refractivity contribution in [1.82, 2.24) is 10.6 Å². The summed E-state index contributed by atoms with van der Waals surface area (Å²) in [6.07, 6.45) is 0. The van der Waals surface area contributed by atoms with Crippen LogP contribution in [0.25, 0.3) is 11.3 Å². The second-order valence-electron chi connectivity index (χ2n) is 5.15. The summed E-state index contributed by atoms with van der Waals surface area (Å²) in [5.74, 6) is 0.0947. The Morgan fingerprint density at radius 1 is 1.13 bits per heavy atom. The van der Waals surface area contributed by atoms with Crippen LogP contribution in [0.5, 0.6) is 0 Å². The van der Waals surface area contributed by atoms with Gasteiger partial charge in [-0.15, -0.1) is 0 Å². The van der Waals surface area contributed by atoms with Crippen LogP contribution in [0, 0.1) is 6.92 Å². The van der Waals surface area contributed by atoms with E-state index in [1.165, 1.54) is 5.56 Å². The molecule has 0 aliphatic rings. The Labute approximate surface area is 133 Å². The molecule has 0 unspecified atom stereocenters. The highest BCUT2D eigenvalue weighted by Gasteiger charge is 2.13. The lowest BCUT2D eigenvalue weighted by Crippen LogP contribution is -2.23. The van der Waals surface area contributed by atoms with Crippen LogP contribution < -0.4 is 5.48 Å². The number of aromatic nitrogens is 1. The van der Waals surface area contributed by atoms with Crippen LogP contribution >= 0.6 is 0 Å². The van der Waals surface area contributed by atoms with Crippen molar-refractivity contribution in [3.63, 3.8) is 0 Å². The molecule has 3 rings (SSSR count). The zero-order valence-electron chi connectivity index (χ0n) is 12.7. The number of hydrogen-bond acceptors (Lipinski definition) is 4. The second-order valence-corrected chi connectivity index (χ2v) is 5.15. The SMILES string of the molecule is Cc1ccc(CONC(=O)c2cc(-c3ccccc3)on2)cc1. The molecule has 0 saturated carbocycles. The van der Waals surface area contributed by atoms with E-state index in [4.69, 9.17) is 9.36 Å². The molecule has 0 bridgehead atoms. The average molecular weight is 308 g/mol. The van der Waals surface area contributed by atoms with E-state index in [9.17, 15) is 4.79 Å². The van der Waals surface area contributed by atoms with Gasteiger partial charge in [-0.2, -0.15) is 0 Å². The minimum atomic E-state index is -0.442. The summed E-state index contributed by atoms with van der Waals surface area (Å²) in [4.78, 5) is 17.2. The van der Waals surface area contributed by atoms with Crippen LogP contribution in [-0.4, -0.2) is 11.1 Å². The van der Waals surface area contributed by atoms with Gasteiger partial charge in [0, 0.05) is 11.6 Å². The molecule has 0 radical (unpaired) electrons. The number of hydroxylamine groups is 1. The van der Waals surface area contributed by atoms with Crippen molar-refractivity contribution in [3.8, 4) is 11.3 Å². The Hall–Kier alpha value is -2.92. The van der Waals surface area contributed by atoms with Gasteiger partial charge >= 0.3 is 0 Å². The number of rotatable bonds is 5. The van der Waals surface area contributed by atoms with E-state index in [0.717, 1.165) is 11.1 Å². The first-order valence-electron chi connectivity index (χ1n) is 7.22. The number of aryl methyl sites for hydroxylation is 1. The highest BCUT2D eigenvalue weighted by atomic mass is 16.7. The van der Waals surface area contributed by atoms with Crippen LogP contribution in [0.2, 0.25) is 0 Å².